The van der Waals surface area contributed by atoms with E-state index in [2.05, 4.69) is 37.5 Å². The maximum absolute atomic E-state index is 13.1. The highest BCUT2D eigenvalue weighted by molar-refractivity contribution is 7.85. The van der Waals surface area contributed by atoms with Crippen LogP contribution in [0.2, 0.25) is 0 Å². The third kappa shape index (κ3) is 20.9. The largest absolute Gasteiger partial charge is 0.466 e. The lowest BCUT2D eigenvalue weighted by Gasteiger charge is -2.23. The second-order valence-electron chi connectivity index (χ2n) is 11.1. The Morgan fingerprint density at radius 3 is 2.07 bits per heavy atom. The van der Waals surface area contributed by atoms with Crippen molar-refractivity contribution in [3.63, 3.8) is 0 Å². The molecule has 3 aromatic heterocycles. The number of para-hydroxylation sites is 1. The van der Waals surface area contributed by atoms with Crippen LogP contribution in [0.15, 0.2) is 61.4 Å². The predicted octanol–water partition coefficient (Wildman–Crippen LogP) is 3.01. The zero-order chi connectivity index (χ0) is 42.4. The number of amides is 1. The summed E-state index contributed by atoms with van der Waals surface area (Å²) in [5.41, 5.74) is 2.73. The van der Waals surface area contributed by atoms with Crippen molar-refractivity contribution in [1.29, 1.82) is 0 Å². The fourth-order valence-electron chi connectivity index (χ4n) is 4.02. The molecule has 0 atom stereocenters. The summed E-state index contributed by atoms with van der Waals surface area (Å²) < 4.78 is 124. The van der Waals surface area contributed by atoms with Crippen LogP contribution in [0, 0.1) is 0 Å². The number of hydrogen-bond donors (Lipinski definition) is 6. The fraction of sp³-hybridized carbons (Fsp3) is 0.333. The van der Waals surface area contributed by atoms with Crippen LogP contribution in [0.5, 0.6) is 5.88 Å². The lowest BCUT2D eigenvalue weighted by molar-refractivity contribution is -0.153. The normalized spacial score (nSPS) is 11.4. The summed E-state index contributed by atoms with van der Waals surface area (Å²) in [4.78, 5) is 27.0. The minimum absolute atomic E-state index is 0.0319. The topological polar surface area (TPSA) is 272 Å². The standard InChI is InChI=1S/C27H29F3N8O2.3CH4O3S/c1-5-23(39)33-20-14-21(25(40-16-27(28,29)30)36-24(20)37(3)13-12-31-2)35-26-32-11-10-19(34-26)18-15-38(4)22-9-7-6-8-17(18)22;3*1-5(2,3)4/h5-11,14-15,31H,1,12-13,16H2,2-4H3,(H,33,39)(H,32,34,35);3*1H3,(H,2,3,4). The number of alkyl halides is 3. The van der Waals surface area contributed by atoms with Gasteiger partial charge in [-0.15, -0.1) is 0 Å². The molecule has 0 aliphatic rings. The van der Waals surface area contributed by atoms with Crippen LogP contribution in [0.3, 0.4) is 0 Å². The molecule has 0 saturated heterocycles. The summed E-state index contributed by atoms with van der Waals surface area (Å²) in [5.74, 6) is -0.548. The number of carbonyl (C=O) groups is 1. The van der Waals surface area contributed by atoms with Crippen molar-refractivity contribution in [2.75, 3.05) is 68.1 Å². The number of likely N-dealkylation sites (N-methyl/N-ethyl adjacent to an activating group) is 2. The summed E-state index contributed by atoms with van der Waals surface area (Å²) in [7, 11) is -5.62. The number of aromatic nitrogens is 4. The van der Waals surface area contributed by atoms with Gasteiger partial charge in [-0.25, -0.2) is 9.97 Å². The van der Waals surface area contributed by atoms with Gasteiger partial charge in [0.1, 0.15) is 5.69 Å². The Bertz CT molecular complexity index is 2160. The SMILES string of the molecule is C=CC(=O)Nc1cc(Nc2nccc(-c3cn(C)c4ccccc34)n2)c(OCC(F)(F)F)nc1N(C)CCNC.CS(=O)(=O)O.CS(=O)(=O)O.CS(=O)(=O)O. The maximum Gasteiger partial charge on any atom is 0.422 e. The van der Waals surface area contributed by atoms with Gasteiger partial charge in [0.25, 0.3) is 30.4 Å². The number of nitrogens with one attached hydrogen (secondary N) is 3. The highest BCUT2D eigenvalue weighted by Crippen LogP contribution is 2.36. The molecule has 1 amide bonds. The number of anilines is 4. The van der Waals surface area contributed by atoms with Gasteiger partial charge in [-0.05, 0) is 31.3 Å². The maximum atomic E-state index is 13.1. The van der Waals surface area contributed by atoms with Crippen molar-refractivity contribution in [2.45, 2.75) is 6.18 Å². The molecular weight excluding hydrogens is 802 g/mol. The lowest BCUT2D eigenvalue weighted by Crippen LogP contribution is -2.29. The van der Waals surface area contributed by atoms with Crippen molar-refractivity contribution in [3.8, 4) is 17.1 Å². The average molecular weight is 843 g/mol. The molecule has 0 fully saturated rings. The van der Waals surface area contributed by atoms with E-state index in [1.807, 2.05) is 42.1 Å². The Kier molecular flexibility index (Phi) is 18.1. The van der Waals surface area contributed by atoms with E-state index in [9.17, 15) is 43.2 Å². The quantitative estimate of drug-likeness (QED) is 0.0935. The Morgan fingerprint density at radius 1 is 0.982 bits per heavy atom. The number of ether oxygens (including phenoxy) is 1. The third-order valence-corrected chi connectivity index (χ3v) is 5.92. The molecule has 25 heteroatoms. The van der Waals surface area contributed by atoms with Gasteiger partial charge in [-0.2, -0.15) is 43.4 Å². The van der Waals surface area contributed by atoms with Gasteiger partial charge in [-0.1, -0.05) is 24.8 Å². The fourth-order valence-corrected chi connectivity index (χ4v) is 4.02. The van der Waals surface area contributed by atoms with Crippen molar-refractivity contribution in [1.82, 2.24) is 24.8 Å². The zero-order valence-corrected chi connectivity index (χ0v) is 32.7. The van der Waals surface area contributed by atoms with Gasteiger partial charge in [0.2, 0.25) is 17.7 Å². The van der Waals surface area contributed by atoms with E-state index in [-0.39, 0.29) is 29.0 Å². The first-order valence-corrected chi connectivity index (χ1v) is 20.6. The number of benzene rings is 1. The molecule has 19 nitrogen and oxygen atoms in total. The van der Waals surface area contributed by atoms with E-state index < -0.39 is 49.0 Å². The second kappa shape index (κ2) is 20.7. The lowest BCUT2D eigenvalue weighted by atomic mass is 10.1. The molecule has 0 spiro atoms. The number of halogens is 3. The molecule has 0 radical (unpaired) electrons. The average Bonchev–Trinajstić information content (AvgIpc) is 3.37. The number of rotatable bonds is 11. The monoisotopic (exact) mass is 842 g/mol. The van der Waals surface area contributed by atoms with Crippen LogP contribution < -0.4 is 25.6 Å². The molecule has 6 N–H and O–H groups in total. The summed E-state index contributed by atoms with van der Waals surface area (Å²) in [6, 6.07) is 11.0. The molecule has 4 rings (SSSR count). The molecule has 0 unspecified atom stereocenters. The number of aryl methyl sites for hydroxylation is 1. The highest BCUT2D eigenvalue weighted by Gasteiger charge is 2.30. The van der Waals surface area contributed by atoms with Crippen LogP contribution in [0.25, 0.3) is 22.2 Å². The van der Waals surface area contributed by atoms with Crippen LogP contribution in [0.4, 0.5) is 36.3 Å². The molecule has 4 aromatic rings. The van der Waals surface area contributed by atoms with Crippen LogP contribution in [-0.2, 0) is 42.2 Å². The van der Waals surface area contributed by atoms with E-state index in [0.717, 1.165) is 22.5 Å². The smallest absolute Gasteiger partial charge is 0.422 e. The van der Waals surface area contributed by atoms with Gasteiger partial charge < -0.3 is 30.2 Å². The Labute approximate surface area is 315 Å². The van der Waals surface area contributed by atoms with Crippen LogP contribution in [-0.4, -0.2) is 123 Å². The first-order chi connectivity index (χ1) is 25.1. The Balaban J connectivity index is 0.000000854. The van der Waals surface area contributed by atoms with Gasteiger partial charge in [0, 0.05) is 56.0 Å². The van der Waals surface area contributed by atoms with Crippen molar-refractivity contribution in [2.24, 2.45) is 7.05 Å². The summed E-state index contributed by atoms with van der Waals surface area (Å²) in [5, 5.41) is 9.56. The number of carbonyl (C=O) groups excluding carboxylic acids is 1. The molecule has 306 valence electrons. The molecule has 3 heterocycles. The Morgan fingerprint density at radius 2 is 1.55 bits per heavy atom. The summed E-state index contributed by atoms with van der Waals surface area (Å²) in [6.45, 7) is 2.90. The van der Waals surface area contributed by atoms with E-state index in [1.54, 1.807) is 25.1 Å². The minimum atomic E-state index is -4.60. The molecular formula is C30H41F3N8O11S3. The molecule has 0 aliphatic carbocycles. The molecule has 55 heavy (non-hydrogen) atoms. The Hall–Kier alpha value is -4.92. The van der Waals surface area contributed by atoms with Crippen molar-refractivity contribution in [3.05, 3.63) is 61.4 Å². The predicted molar refractivity (Wildman–Crippen MR) is 201 cm³/mol. The number of nitrogens with zero attached hydrogens (tertiary/aromatic N) is 5. The minimum Gasteiger partial charge on any atom is -0.466 e. The van der Waals surface area contributed by atoms with E-state index >= 15 is 0 Å². The van der Waals surface area contributed by atoms with Crippen LogP contribution in [0.1, 0.15) is 0 Å². The number of pyridine rings is 1. The summed E-state index contributed by atoms with van der Waals surface area (Å²) >= 11 is 0. The number of fused-ring (bicyclic) bond motifs is 1. The second-order valence-corrected chi connectivity index (χ2v) is 15.5. The van der Waals surface area contributed by atoms with Crippen molar-refractivity contribution < 1.29 is 61.6 Å². The molecule has 0 saturated carbocycles. The van der Waals surface area contributed by atoms with Gasteiger partial charge in [-0.3, -0.25) is 18.5 Å². The zero-order valence-electron chi connectivity index (χ0n) is 30.2. The molecule has 0 aliphatic heterocycles. The summed E-state index contributed by atoms with van der Waals surface area (Å²) in [6.07, 6.45) is 2.10. The van der Waals surface area contributed by atoms with Gasteiger partial charge in [0.05, 0.1) is 30.1 Å². The third-order valence-electron chi connectivity index (χ3n) is 5.92. The van der Waals surface area contributed by atoms with Gasteiger partial charge in [0.15, 0.2) is 12.4 Å². The molecule has 0 bridgehead atoms. The van der Waals surface area contributed by atoms with Crippen LogP contribution >= 0.6 is 0 Å². The van der Waals surface area contributed by atoms with E-state index in [0.29, 0.717) is 37.6 Å². The van der Waals surface area contributed by atoms with Gasteiger partial charge >= 0.3 is 6.18 Å². The molecule has 1 aromatic carbocycles. The first kappa shape index (κ1) is 48.1. The first-order valence-electron chi connectivity index (χ1n) is 15.0. The highest BCUT2D eigenvalue weighted by atomic mass is 32.2. The van der Waals surface area contributed by atoms with Crippen molar-refractivity contribution >= 4 is 70.3 Å². The van der Waals surface area contributed by atoms with E-state index in [4.69, 9.17) is 18.4 Å². The van der Waals surface area contributed by atoms with E-state index in [1.165, 1.54) is 12.3 Å². The number of hydrogen-bond acceptors (Lipinski definition) is 14.